The smallest absolute Gasteiger partial charge is 0.270 e. The minimum atomic E-state index is -0.448. The van der Waals surface area contributed by atoms with Crippen molar-refractivity contribution < 1.29 is 9.72 Å². The van der Waals surface area contributed by atoms with E-state index in [0.29, 0.717) is 16.8 Å². The molecule has 1 aromatic carbocycles. The third-order valence-corrected chi connectivity index (χ3v) is 5.17. The molecule has 2 aromatic rings. The molecule has 6 nitrogen and oxygen atoms in total. The third kappa shape index (κ3) is 2.54. The van der Waals surface area contributed by atoms with Crippen LogP contribution in [0.2, 0.25) is 0 Å². The van der Waals surface area contributed by atoms with Gasteiger partial charge in [-0.05, 0) is 48.4 Å². The van der Waals surface area contributed by atoms with Crippen LogP contribution >= 0.6 is 0 Å². The second-order valence-electron chi connectivity index (χ2n) is 7.35. The Morgan fingerprint density at radius 2 is 2.08 bits per heavy atom. The van der Waals surface area contributed by atoms with E-state index in [1.807, 2.05) is 0 Å². The highest BCUT2D eigenvalue weighted by Crippen LogP contribution is 2.39. The van der Waals surface area contributed by atoms with Gasteiger partial charge < -0.3 is 10.3 Å². The summed E-state index contributed by atoms with van der Waals surface area (Å²) in [5.41, 5.74) is 5.12. The number of anilines is 1. The fourth-order valence-electron chi connectivity index (χ4n) is 3.83. The summed E-state index contributed by atoms with van der Waals surface area (Å²) in [6.45, 7) is 4.47. The Bertz CT molecular complexity index is 937. The van der Waals surface area contributed by atoms with E-state index < -0.39 is 4.92 Å². The van der Waals surface area contributed by atoms with Crippen LogP contribution in [0.4, 0.5) is 11.4 Å². The van der Waals surface area contributed by atoms with E-state index in [0.717, 1.165) is 25.0 Å². The molecule has 4 rings (SSSR count). The van der Waals surface area contributed by atoms with Crippen LogP contribution in [0, 0.1) is 10.1 Å². The summed E-state index contributed by atoms with van der Waals surface area (Å²) in [6.07, 6.45) is 5.09. The Balaban J connectivity index is 1.79. The Morgan fingerprint density at radius 1 is 1.28 bits per heavy atom. The average Bonchev–Trinajstić information content (AvgIpc) is 3.09. The lowest BCUT2D eigenvalue weighted by Crippen LogP contribution is -2.22. The van der Waals surface area contributed by atoms with Crippen LogP contribution in [0.5, 0.6) is 0 Å². The number of benzene rings is 1. The fraction of sp³-hybridized carbons (Fsp3) is 0.316. The number of rotatable bonds is 2. The first-order valence-electron chi connectivity index (χ1n) is 8.39. The maximum absolute atomic E-state index is 12.3. The molecule has 6 heteroatoms. The van der Waals surface area contributed by atoms with Crippen molar-refractivity contribution >= 4 is 28.9 Å². The monoisotopic (exact) mass is 337 g/mol. The molecule has 2 aliphatic rings. The summed E-state index contributed by atoms with van der Waals surface area (Å²) in [4.78, 5) is 26.3. The van der Waals surface area contributed by atoms with Crippen molar-refractivity contribution in [3.8, 4) is 0 Å². The van der Waals surface area contributed by atoms with Crippen LogP contribution in [0.1, 0.15) is 49.2 Å². The molecule has 1 aliphatic carbocycles. The molecule has 1 aliphatic heterocycles. The maximum atomic E-state index is 12.3. The molecule has 0 radical (unpaired) electrons. The number of hydrogen-bond acceptors (Lipinski definition) is 3. The van der Waals surface area contributed by atoms with Gasteiger partial charge in [-0.25, -0.2) is 0 Å². The number of nitro groups is 1. The number of nitrogens with one attached hydrogen (secondary N) is 2. The molecule has 0 fully saturated rings. The molecule has 0 atom stereocenters. The Labute approximate surface area is 145 Å². The molecule has 128 valence electrons. The van der Waals surface area contributed by atoms with E-state index in [-0.39, 0.29) is 17.0 Å². The molecule has 0 saturated heterocycles. The van der Waals surface area contributed by atoms with Crippen molar-refractivity contribution in [1.29, 1.82) is 0 Å². The van der Waals surface area contributed by atoms with Gasteiger partial charge in [0.15, 0.2) is 0 Å². The van der Waals surface area contributed by atoms with Gasteiger partial charge in [-0.15, -0.1) is 0 Å². The minimum absolute atomic E-state index is 0.0203. The van der Waals surface area contributed by atoms with E-state index in [4.69, 9.17) is 0 Å². The maximum Gasteiger partial charge on any atom is 0.270 e. The van der Waals surface area contributed by atoms with Gasteiger partial charge >= 0.3 is 0 Å². The number of aryl methyl sites for hydroxylation is 1. The number of fused-ring (bicyclic) bond motifs is 2. The number of nitrogens with zero attached hydrogens (tertiary/aromatic N) is 1. The van der Waals surface area contributed by atoms with Gasteiger partial charge in [0, 0.05) is 34.8 Å². The van der Waals surface area contributed by atoms with Gasteiger partial charge in [-0.3, -0.25) is 14.9 Å². The highest BCUT2D eigenvalue weighted by Gasteiger charge is 2.30. The van der Waals surface area contributed by atoms with Crippen molar-refractivity contribution in [3.63, 3.8) is 0 Å². The quantitative estimate of drug-likeness (QED) is 0.492. The van der Waals surface area contributed by atoms with Crippen LogP contribution < -0.4 is 5.32 Å². The van der Waals surface area contributed by atoms with E-state index in [1.165, 1.54) is 23.4 Å². The molecule has 0 unspecified atom stereocenters. The molecule has 0 spiro atoms. The lowest BCUT2D eigenvalue weighted by molar-refractivity contribution is -0.384. The van der Waals surface area contributed by atoms with Crippen molar-refractivity contribution in [2.45, 2.75) is 38.5 Å². The number of nitro benzene ring substituents is 1. The van der Waals surface area contributed by atoms with Gasteiger partial charge in [0.05, 0.1) is 10.5 Å². The number of non-ortho nitro benzene ring substituents is 1. The van der Waals surface area contributed by atoms with E-state index in [9.17, 15) is 14.9 Å². The SMILES string of the molecule is CC1(C)CCCc2[nH]c(C=C3C(=O)Nc4ccc([N+](=O)[O-])cc43)cc21. The Kier molecular flexibility index (Phi) is 3.32. The number of carbonyl (C=O) groups excluding carboxylic acids is 1. The molecule has 1 amide bonds. The molecule has 2 N–H and O–H groups in total. The highest BCUT2D eigenvalue weighted by molar-refractivity contribution is 6.35. The number of aromatic nitrogens is 1. The zero-order valence-corrected chi connectivity index (χ0v) is 14.2. The average molecular weight is 337 g/mol. The first kappa shape index (κ1) is 15.6. The summed E-state index contributed by atoms with van der Waals surface area (Å²) < 4.78 is 0. The van der Waals surface area contributed by atoms with Gasteiger partial charge in [0.1, 0.15) is 0 Å². The van der Waals surface area contributed by atoms with Crippen LogP contribution in [-0.4, -0.2) is 15.8 Å². The van der Waals surface area contributed by atoms with Crippen LogP contribution in [0.25, 0.3) is 11.6 Å². The van der Waals surface area contributed by atoms with Crippen molar-refractivity contribution in [2.24, 2.45) is 0 Å². The minimum Gasteiger partial charge on any atom is -0.359 e. The van der Waals surface area contributed by atoms with Gasteiger partial charge in [0.2, 0.25) is 0 Å². The van der Waals surface area contributed by atoms with Crippen LogP contribution in [0.15, 0.2) is 24.3 Å². The zero-order valence-electron chi connectivity index (χ0n) is 14.2. The summed E-state index contributed by atoms with van der Waals surface area (Å²) in [5, 5.41) is 13.8. The lowest BCUT2D eigenvalue weighted by atomic mass is 9.75. The zero-order chi connectivity index (χ0) is 17.8. The summed E-state index contributed by atoms with van der Waals surface area (Å²) in [6, 6.07) is 6.53. The summed E-state index contributed by atoms with van der Waals surface area (Å²) in [5.74, 6) is -0.234. The van der Waals surface area contributed by atoms with Gasteiger partial charge in [-0.1, -0.05) is 13.8 Å². The topological polar surface area (TPSA) is 88.0 Å². The molecule has 0 saturated carbocycles. The third-order valence-electron chi connectivity index (χ3n) is 5.17. The molecular formula is C19H19N3O3. The standard InChI is InChI=1S/C19H19N3O3/c1-19(2)7-3-4-17-15(19)9-11(20-17)8-14-13-10-12(22(24)25)5-6-16(13)21-18(14)23/h5-6,8-10,20H,3-4,7H2,1-2H3,(H,21,23). The molecule has 1 aromatic heterocycles. The largest absolute Gasteiger partial charge is 0.359 e. The highest BCUT2D eigenvalue weighted by atomic mass is 16.6. The van der Waals surface area contributed by atoms with Crippen molar-refractivity contribution in [2.75, 3.05) is 5.32 Å². The number of carbonyl (C=O) groups is 1. The molecule has 2 heterocycles. The number of amides is 1. The molecule has 0 bridgehead atoms. The summed E-state index contributed by atoms with van der Waals surface area (Å²) >= 11 is 0. The van der Waals surface area contributed by atoms with Gasteiger partial charge in [-0.2, -0.15) is 0 Å². The predicted octanol–water partition coefficient (Wildman–Crippen LogP) is 4.03. The summed E-state index contributed by atoms with van der Waals surface area (Å²) in [7, 11) is 0. The number of hydrogen-bond donors (Lipinski definition) is 2. The fourth-order valence-corrected chi connectivity index (χ4v) is 3.83. The van der Waals surface area contributed by atoms with Crippen molar-refractivity contribution in [3.05, 3.63) is 56.9 Å². The van der Waals surface area contributed by atoms with Gasteiger partial charge in [0.25, 0.3) is 11.6 Å². The Hall–Kier alpha value is -2.89. The molecule has 25 heavy (non-hydrogen) atoms. The number of aromatic amines is 1. The van der Waals surface area contributed by atoms with E-state index in [2.05, 4.69) is 30.2 Å². The first-order valence-corrected chi connectivity index (χ1v) is 8.39. The predicted molar refractivity (Wildman–Crippen MR) is 96.4 cm³/mol. The second-order valence-corrected chi connectivity index (χ2v) is 7.35. The first-order chi connectivity index (χ1) is 11.8. The number of H-pyrrole nitrogens is 1. The Morgan fingerprint density at radius 3 is 2.80 bits per heavy atom. The van der Waals surface area contributed by atoms with Crippen LogP contribution in [-0.2, 0) is 16.6 Å². The lowest BCUT2D eigenvalue weighted by Gasteiger charge is -2.29. The normalized spacial score (nSPS) is 19.4. The molecular weight excluding hydrogens is 318 g/mol. The van der Waals surface area contributed by atoms with E-state index >= 15 is 0 Å². The second kappa shape index (κ2) is 5.31. The van der Waals surface area contributed by atoms with Crippen LogP contribution in [0.3, 0.4) is 0 Å². The van der Waals surface area contributed by atoms with E-state index in [1.54, 1.807) is 12.1 Å². The van der Waals surface area contributed by atoms with Crippen molar-refractivity contribution in [1.82, 2.24) is 4.98 Å².